The van der Waals surface area contributed by atoms with Crippen LogP contribution in [0.3, 0.4) is 0 Å². The second kappa shape index (κ2) is 4.71. The summed E-state index contributed by atoms with van der Waals surface area (Å²) in [6.45, 7) is 6.07. The third-order valence-corrected chi connectivity index (χ3v) is 2.09. The zero-order chi connectivity index (χ0) is 11.8. The van der Waals surface area contributed by atoms with Crippen LogP contribution in [-0.4, -0.2) is 15.1 Å². The van der Waals surface area contributed by atoms with Crippen LogP contribution in [0, 0.1) is 0 Å². The lowest BCUT2D eigenvalue weighted by atomic mass is 9.96. The first-order valence-electron chi connectivity index (χ1n) is 5.04. The average molecular weight is 255 g/mol. The van der Waals surface area contributed by atoms with Crippen molar-refractivity contribution in [1.29, 1.82) is 0 Å². The number of nitrogen functional groups attached to an aromatic ring is 1. The molecular weight excluding hydrogens is 240 g/mol. The molecule has 2 aromatic rings. The highest BCUT2D eigenvalue weighted by molar-refractivity contribution is 5.85. The number of pyridine rings is 1. The van der Waals surface area contributed by atoms with Crippen LogP contribution in [0.4, 0.5) is 5.82 Å². The number of hydrogen-bond acceptors (Lipinski definition) is 5. The Morgan fingerprint density at radius 2 is 1.88 bits per heavy atom. The largest absolute Gasteiger partial charge is 0.384 e. The summed E-state index contributed by atoms with van der Waals surface area (Å²) in [6, 6.07) is 5.31. The second-order valence-electron chi connectivity index (χ2n) is 4.62. The first-order valence-corrected chi connectivity index (χ1v) is 5.04. The van der Waals surface area contributed by atoms with E-state index in [-0.39, 0.29) is 17.8 Å². The highest BCUT2D eigenvalue weighted by atomic mass is 35.5. The summed E-state index contributed by atoms with van der Waals surface area (Å²) >= 11 is 0. The zero-order valence-corrected chi connectivity index (χ0v) is 10.8. The molecule has 0 aromatic carbocycles. The van der Waals surface area contributed by atoms with Crippen LogP contribution in [0.15, 0.2) is 22.7 Å². The Morgan fingerprint density at radius 3 is 2.41 bits per heavy atom. The summed E-state index contributed by atoms with van der Waals surface area (Å²) in [7, 11) is 0. The van der Waals surface area contributed by atoms with E-state index in [2.05, 4.69) is 15.1 Å². The minimum Gasteiger partial charge on any atom is -0.384 e. The van der Waals surface area contributed by atoms with Crippen LogP contribution in [0.1, 0.15) is 26.6 Å². The average Bonchev–Trinajstić information content (AvgIpc) is 2.65. The summed E-state index contributed by atoms with van der Waals surface area (Å²) in [5.74, 6) is 1.50. The van der Waals surface area contributed by atoms with Crippen molar-refractivity contribution < 1.29 is 4.52 Å². The maximum atomic E-state index is 5.59. The number of hydrogen-bond donors (Lipinski definition) is 1. The topological polar surface area (TPSA) is 77.8 Å². The van der Waals surface area contributed by atoms with E-state index in [0.29, 0.717) is 23.2 Å². The van der Waals surface area contributed by atoms with E-state index < -0.39 is 0 Å². The first kappa shape index (κ1) is 13.4. The Hall–Kier alpha value is -1.62. The molecule has 92 valence electrons. The number of nitrogens with zero attached hydrogens (tertiary/aromatic N) is 3. The van der Waals surface area contributed by atoms with Crippen molar-refractivity contribution in [2.75, 3.05) is 5.73 Å². The molecule has 0 saturated carbocycles. The van der Waals surface area contributed by atoms with Gasteiger partial charge in [0, 0.05) is 5.41 Å². The maximum absolute atomic E-state index is 5.59. The van der Waals surface area contributed by atoms with Gasteiger partial charge in [-0.1, -0.05) is 32.0 Å². The summed E-state index contributed by atoms with van der Waals surface area (Å²) in [6.07, 6.45) is 0. The summed E-state index contributed by atoms with van der Waals surface area (Å²) < 4.78 is 5.15. The molecule has 0 aliphatic rings. The van der Waals surface area contributed by atoms with Crippen molar-refractivity contribution in [2.45, 2.75) is 26.2 Å². The molecule has 0 amide bonds. The molecule has 0 aliphatic heterocycles. The Balaban J connectivity index is 0.00000144. The predicted octanol–water partition coefficient (Wildman–Crippen LogP) is 2.43. The SMILES string of the molecule is CC(C)(C)c1noc(-c2cccc(N)n2)n1.Cl. The standard InChI is InChI=1S/C11H14N4O.ClH/c1-11(2,3)10-14-9(16-15-10)7-5-4-6-8(12)13-7;/h4-6H,1-3H3,(H2,12,13);1H. The predicted molar refractivity (Wildman–Crippen MR) is 67.9 cm³/mol. The van der Waals surface area contributed by atoms with Crippen molar-refractivity contribution in [3.05, 3.63) is 24.0 Å². The van der Waals surface area contributed by atoms with Crippen molar-refractivity contribution in [3.63, 3.8) is 0 Å². The lowest BCUT2D eigenvalue weighted by molar-refractivity contribution is 0.401. The molecule has 0 bridgehead atoms. The molecule has 2 N–H and O–H groups in total. The number of anilines is 1. The number of aromatic nitrogens is 3. The molecule has 2 aromatic heterocycles. The fourth-order valence-electron chi connectivity index (χ4n) is 1.20. The molecule has 0 aliphatic carbocycles. The number of halogens is 1. The van der Waals surface area contributed by atoms with Crippen LogP contribution >= 0.6 is 12.4 Å². The minimum atomic E-state index is -0.137. The van der Waals surface area contributed by atoms with Crippen LogP contribution in [0.25, 0.3) is 11.6 Å². The smallest absolute Gasteiger partial charge is 0.276 e. The van der Waals surface area contributed by atoms with Crippen LogP contribution in [-0.2, 0) is 5.41 Å². The van der Waals surface area contributed by atoms with Gasteiger partial charge in [0.1, 0.15) is 11.5 Å². The van der Waals surface area contributed by atoms with E-state index in [1.807, 2.05) is 20.8 Å². The second-order valence-corrected chi connectivity index (χ2v) is 4.62. The molecule has 0 spiro atoms. The van der Waals surface area contributed by atoms with Gasteiger partial charge in [0.25, 0.3) is 5.89 Å². The zero-order valence-electron chi connectivity index (χ0n) is 9.97. The third-order valence-electron chi connectivity index (χ3n) is 2.09. The summed E-state index contributed by atoms with van der Waals surface area (Å²) in [4.78, 5) is 8.42. The van der Waals surface area contributed by atoms with E-state index in [0.717, 1.165) is 0 Å². The number of nitrogens with two attached hydrogens (primary N) is 1. The van der Waals surface area contributed by atoms with Crippen molar-refractivity contribution in [3.8, 4) is 11.6 Å². The molecule has 0 atom stereocenters. The van der Waals surface area contributed by atoms with Crippen molar-refractivity contribution in [2.24, 2.45) is 0 Å². The van der Waals surface area contributed by atoms with Gasteiger partial charge in [-0.2, -0.15) is 4.98 Å². The fraction of sp³-hybridized carbons (Fsp3) is 0.364. The minimum absolute atomic E-state index is 0. The van der Waals surface area contributed by atoms with Gasteiger partial charge in [-0.3, -0.25) is 0 Å². The molecule has 2 rings (SSSR count). The van der Waals surface area contributed by atoms with Gasteiger partial charge in [0.15, 0.2) is 5.82 Å². The van der Waals surface area contributed by atoms with Crippen molar-refractivity contribution in [1.82, 2.24) is 15.1 Å². The van der Waals surface area contributed by atoms with Crippen LogP contribution in [0.2, 0.25) is 0 Å². The van der Waals surface area contributed by atoms with Gasteiger partial charge in [-0.05, 0) is 12.1 Å². The molecule has 0 unspecified atom stereocenters. The fourth-order valence-corrected chi connectivity index (χ4v) is 1.20. The normalized spacial score (nSPS) is 11.0. The number of rotatable bonds is 1. The Labute approximate surface area is 106 Å². The van der Waals surface area contributed by atoms with Gasteiger partial charge < -0.3 is 10.3 Å². The van der Waals surface area contributed by atoms with Gasteiger partial charge in [-0.15, -0.1) is 12.4 Å². The third kappa shape index (κ3) is 2.94. The van der Waals surface area contributed by atoms with E-state index in [4.69, 9.17) is 10.3 Å². The Bertz CT molecular complexity index is 504. The van der Waals surface area contributed by atoms with Crippen LogP contribution in [0.5, 0.6) is 0 Å². The van der Waals surface area contributed by atoms with E-state index in [9.17, 15) is 0 Å². The molecule has 0 saturated heterocycles. The highest BCUT2D eigenvalue weighted by Crippen LogP contribution is 2.22. The van der Waals surface area contributed by atoms with Crippen LogP contribution < -0.4 is 5.73 Å². The van der Waals surface area contributed by atoms with E-state index in [1.54, 1.807) is 18.2 Å². The van der Waals surface area contributed by atoms with Crippen molar-refractivity contribution >= 4 is 18.2 Å². The Morgan fingerprint density at radius 1 is 1.18 bits per heavy atom. The lowest BCUT2D eigenvalue weighted by Crippen LogP contribution is -2.13. The molecular formula is C11H15ClN4O. The van der Waals surface area contributed by atoms with Gasteiger partial charge in [0.2, 0.25) is 0 Å². The lowest BCUT2D eigenvalue weighted by Gasteiger charge is -2.10. The molecule has 6 heteroatoms. The molecule has 2 heterocycles. The molecule has 17 heavy (non-hydrogen) atoms. The molecule has 0 fully saturated rings. The summed E-state index contributed by atoms with van der Waals surface area (Å²) in [5, 5.41) is 3.93. The van der Waals surface area contributed by atoms with Gasteiger partial charge in [-0.25, -0.2) is 4.98 Å². The van der Waals surface area contributed by atoms with E-state index >= 15 is 0 Å². The maximum Gasteiger partial charge on any atom is 0.276 e. The summed E-state index contributed by atoms with van der Waals surface area (Å²) in [5.41, 5.74) is 6.05. The highest BCUT2D eigenvalue weighted by Gasteiger charge is 2.21. The molecule has 0 radical (unpaired) electrons. The van der Waals surface area contributed by atoms with E-state index in [1.165, 1.54) is 0 Å². The first-order chi connectivity index (χ1) is 7.47. The Kier molecular flexibility index (Phi) is 3.72. The quantitative estimate of drug-likeness (QED) is 0.846. The van der Waals surface area contributed by atoms with Gasteiger partial charge in [0.05, 0.1) is 0 Å². The monoisotopic (exact) mass is 254 g/mol. The van der Waals surface area contributed by atoms with Gasteiger partial charge >= 0.3 is 0 Å². The molecule has 5 nitrogen and oxygen atoms in total.